The monoisotopic (exact) mass is 555 g/mol. The fourth-order valence-corrected chi connectivity index (χ4v) is 4.41. The third-order valence-corrected chi connectivity index (χ3v) is 6.21. The molecule has 7 nitrogen and oxygen atoms in total. The summed E-state index contributed by atoms with van der Waals surface area (Å²) in [4.78, 5) is 17.0. The molecule has 0 atom stereocenters. The predicted molar refractivity (Wildman–Crippen MR) is 127 cm³/mol. The number of benzene rings is 1. The fourth-order valence-electron chi connectivity index (χ4n) is 4.24. The molecule has 2 aliphatic heterocycles. The molecule has 0 saturated carbocycles. The molecular weight excluding hydrogens is 528 g/mol. The van der Waals surface area contributed by atoms with E-state index in [1.165, 1.54) is 0 Å². The Labute approximate surface area is 215 Å². The standard InChI is InChI=1S/C23H28ClF6N5O2/c1-14(31)9-15(2)32-18-12-35(13-18)19-10-17(24)4-3-16(19)11-33-5-7-34(8-6-33)21(36)37-20(22(25,26)27)23(28,29)30/h3-4,9-10,18,20,31-32H,5-8,11-13H2,1-2H3/b15-9-,31-14?. The van der Waals surface area contributed by atoms with Gasteiger partial charge in [-0.3, -0.25) is 4.90 Å². The number of rotatable bonds is 7. The highest BCUT2D eigenvalue weighted by Gasteiger charge is 2.60. The van der Waals surface area contributed by atoms with Crippen molar-refractivity contribution in [2.24, 2.45) is 0 Å². The van der Waals surface area contributed by atoms with Crippen LogP contribution in [0.5, 0.6) is 0 Å². The molecule has 14 heteroatoms. The highest BCUT2D eigenvalue weighted by molar-refractivity contribution is 6.30. The van der Waals surface area contributed by atoms with Crippen LogP contribution in [0.15, 0.2) is 30.0 Å². The Morgan fingerprint density at radius 1 is 1.14 bits per heavy atom. The third-order valence-electron chi connectivity index (χ3n) is 5.97. The van der Waals surface area contributed by atoms with Crippen LogP contribution < -0.4 is 10.2 Å². The summed E-state index contributed by atoms with van der Waals surface area (Å²) in [5, 5.41) is 11.5. The van der Waals surface area contributed by atoms with Crippen LogP contribution in [0, 0.1) is 5.41 Å². The Bertz CT molecular complexity index is 1000. The number of allylic oxidation sites excluding steroid dienone is 2. The minimum atomic E-state index is -5.75. The van der Waals surface area contributed by atoms with Crippen molar-refractivity contribution in [3.8, 4) is 0 Å². The molecular formula is C23H28ClF6N5O2. The molecule has 0 spiro atoms. The molecule has 2 saturated heterocycles. The smallest absolute Gasteiger partial charge is 0.426 e. The Morgan fingerprint density at radius 3 is 2.27 bits per heavy atom. The van der Waals surface area contributed by atoms with Gasteiger partial charge in [-0.05, 0) is 37.6 Å². The van der Waals surface area contributed by atoms with Gasteiger partial charge < -0.3 is 25.3 Å². The van der Waals surface area contributed by atoms with Crippen LogP contribution in [0.3, 0.4) is 0 Å². The van der Waals surface area contributed by atoms with Crippen molar-refractivity contribution in [3.05, 3.63) is 40.6 Å². The summed E-state index contributed by atoms with van der Waals surface area (Å²) in [6, 6.07) is 5.67. The first-order chi connectivity index (χ1) is 17.1. The summed E-state index contributed by atoms with van der Waals surface area (Å²) >= 11 is 6.22. The van der Waals surface area contributed by atoms with Gasteiger partial charge in [0.05, 0.1) is 6.04 Å². The second kappa shape index (κ2) is 11.4. The lowest BCUT2D eigenvalue weighted by Gasteiger charge is -2.43. The number of nitrogens with one attached hydrogen (secondary N) is 2. The number of alkyl halides is 6. The summed E-state index contributed by atoms with van der Waals surface area (Å²) in [7, 11) is 0. The fraction of sp³-hybridized carbons (Fsp3) is 0.565. The molecule has 2 aliphatic rings. The first kappa shape index (κ1) is 28.9. The second-order valence-corrected chi connectivity index (χ2v) is 9.58. The van der Waals surface area contributed by atoms with Gasteiger partial charge in [0, 0.05) is 67.9 Å². The van der Waals surface area contributed by atoms with Crippen LogP contribution in [0.25, 0.3) is 0 Å². The number of hydrogen-bond donors (Lipinski definition) is 2. The molecule has 0 aromatic heterocycles. The summed E-state index contributed by atoms with van der Waals surface area (Å²) in [6.45, 7) is 5.84. The largest absolute Gasteiger partial charge is 0.434 e. The lowest BCUT2D eigenvalue weighted by Crippen LogP contribution is -2.58. The van der Waals surface area contributed by atoms with Crippen molar-refractivity contribution in [2.45, 2.75) is 44.9 Å². The van der Waals surface area contributed by atoms with Gasteiger partial charge in [0.15, 0.2) is 0 Å². The van der Waals surface area contributed by atoms with Crippen molar-refractivity contribution in [1.29, 1.82) is 5.41 Å². The van der Waals surface area contributed by atoms with Crippen LogP contribution in [-0.2, 0) is 11.3 Å². The van der Waals surface area contributed by atoms with Crippen LogP contribution in [0.4, 0.5) is 36.8 Å². The molecule has 0 unspecified atom stereocenters. The number of nitrogens with zero attached hydrogens (tertiary/aromatic N) is 3. The summed E-state index contributed by atoms with van der Waals surface area (Å²) < 4.78 is 80.0. The zero-order valence-electron chi connectivity index (χ0n) is 20.2. The Kier molecular flexibility index (Phi) is 8.89. The van der Waals surface area contributed by atoms with E-state index in [4.69, 9.17) is 17.0 Å². The molecule has 0 radical (unpaired) electrons. The number of carbonyl (C=O) groups excluding carboxylic acids is 1. The number of carbonyl (C=O) groups is 1. The van der Waals surface area contributed by atoms with Gasteiger partial charge in [-0.1, -0.05) is 17.7 Å². The topological polar surface area (TPSA) is 71.9 Å². The van der Waals surface area contributed by atoms with E-state index in [0.29, 0.717) is 17.3 Å². The van der Waals surface area contributed by atoms with Gasteiger partial charge in [-0.25, -0.2) is 4.79 Å². The number of amides is 1. The Morgan fingerprint density at radius 2 is 1.73 bits per heavy atom. The number of piperazine rings is 1. The molecule has 206 valence electrons. The Hall–Kier alpha value is -2.67. The molecule has 37 heavy (non-hydrogen) atoms. The average molecular weight is 556 g/mol. The highest BCUT2D eigenvalue weighted by Crippen LogP contribution is 2.36. The first-order valence-electron chi connectivity index (χ1n) is 11.5. The van der Waals surface area contributed by atoms with Gasteiger partial charge in [0.2, 0.25) is 0 Å². The quantitative estimate of drug-likeness (QED) is 0.373. The van der Waals surface area contributed by atoms with E-state index in [1.54, 1.807) is 19.1 Å². The van der Waals surface area contributed by atoms with Crippen LogP contribution in [0.2, 0.25) is 5.02 Å². The van der Waals surface area contributed by atoms with E-state index < -0.39 is 24.5 Å². The van der Waals surface area contributed by atoms with Crippen LogP contribution in [-0.4, -0.2) is 85.4 Å². The predicted octanol–water partition coefficient (Wildman–Crippen LogP) is 4.81. The maximum absolute atomic E-state index is 12.7. The van der Waals surface area contributed by atoms with Crippen LogP contribution >= 0.6 is 11.6 Å². The minimum Gasteiger partial charge on any atom is -0.426 e. The minimum absolute atomic E-state index is 0.0715. The lowest BCUT2D eigenvalue weighted by molar-refractivity contribution is -0.308. The summed E-state index contributed by atoms with van der Waals surface area (Å²) in [6.07, 6.45) is -15.6. The van der Waals surface area contributed by atoms with Gasteiger partial charge in [-0.15, -0.1) is 0 Å². The lowest BCUT2D eigenvalue weighted by atomic mass is 10.0. The van der Waals surface area contributed by atoms with Gasteiger partial charge in [0.25, 0.3) is 6.10 Å². The third kappa shape index (κ3) is 7.91. The van der Waals surface area contributed by atoms with Crippen molar-refractivity contribution < 1.29 is 35.9 Å². The molecule has 1 amide bonds. The van der Waals surface area contributed by atoms with Gasteiger partial charge >= 0.3 is 18.4 Å². The molecule has 0 bridgehead atoms. The number of hydrogen-bond acceptors (Lipinski definition) is 6. The number of halogens is 7. The van der Waals surface area contributed by atoms with Crippen LogP contribution in [0.1, 0.15) is 19.4 Å². The molecule has 3 rings (SSSR count). The van der Waals surface area contributed by atoms with E-state index in [9.17, 15) is 31.1 Å². The normalized spacial score (nSPS) is 18.2. The number of ether oxygens (including phenoxy) is 1. The molecule has 2 fully saturated rings. The van der Waals surface area contributed by atoms with E-state index in [0.717, 1.165) is 34.9 Å². The van der Waals surface area contributed by atoms with E-state index in [2.05, 4.69) is 15.0 Å². The summed E-state index contributed by atoms with van der Waals surface area (Å²) in [5.74, 6) is 0. The van der Waals surface area contributed by atoms with Crippen molar-refractivity contribution in [3.63, 3.8) is 0 Å². The van der Waals surface area contributed by atoms with Crippen molar-refractivity contribution in [1.82, 2.24) is 15.1 Å². The highest BCUT2D eigenvalue weighted by atomic mass is 35.5. The summed E-state index contributed by atoms with van der Waals surface area (Å²) in [5.41, 5.74) is 3.23. The SMILES string of the molecule is CC(=N)/C=C(/C)NC1CN(c2cc(Cl)ccc2CN2CCN(C(=O)OC(C(F)(F)F)C(F)(F)F)CC2)C1. The molecule has 2 heterocycles. The average Bonchev–Trinajstić information content (AvgIpc) is 2.74. The van der Waals surface area contributed by atoms with E-state index >= 15 is 0 Å². The first-order valence-corrected chi connectivity index (χ1v) is 11.9. The number of anilines is 1. The van der Waals surface area contributed by atoms with E-state index in [-0.39, 0.29) is 32.2 Å². The molecule has 0 aliphatic carbocycles. The zero-order chi connectivity index (χ0) is 27.5. The van der Waals surface area contributed by atoms with Gasteiger partial charge in [-0.2, -0.15) is 26.3 Å². The molecule has 1 aromatic rings. The Balaban J connectivity index is 1.56. The molecule has 1 aromatic carbocycles. The maximum Gasteiger partial charge on any atom is 0.434 e. The van der Waals surface area contributed by atoms with E-state index in [1.807, 2.05) is 24.0 Å². The van der Waals surface area contributed by atoms with Crippen molar-refractivity contribution >= 4 is 29.1 Å². The maximum atomic E-state index is 12.7. The zero-order valence-corrected chi connectivity index (χ0v) is 21.0. The molecule has 2 N–H and O–H groups in total. The van der Waals surface area contributed by atoms with Gasteiger partial charge in [0.1, 0.15) is 0 Å². The van der Waals surface area contributed by atoms with Crippen molar-refractivity contribution in [2.75, 3.05) is 44.2 Å². The second-order valence-electron chi connectivity index (χ2n) is 9.14.